The molecule has 14 nitrogen and oxygen atoms in total. The Labute approximate surface area is 400 Å². The number of para-hydroxylation sites is 1. The minimum atomic E-state index is -5.77. The summed E-state index contributed by atoms with van der Waals surface area (Å²) in [5.41, 5.74) is 3.32. The fourth-order valence-electron chi connectivity index (χ4n) is 8.19. The zero-order valence-electron chi connectivity index (χ0n) is 36.8. The molecule has 19 heteroatoms. The Balaban J connectivity index is 1.13. The molecule has 2 aliphatic heterocycles. The van der Waals surface area contributed by atoms with E-state index in [4.69, 9.17) is 21.1 Å². The number of piperazine rings is 1. The number of nitro groups is 1. The molecule has 0 unspecified atom stereocenters. The van der Waals surface area contributed by atoms with Gasteiger partial charge in [-0.1, -0.05) is 103 Å². The lowest BCUT2D eigenvalue weighted by atomic mass is 9.99. The molecule has 358 valence electrons. The quantitative estimate of drug-likeness (QED) is 0.0814. The second kappa shape index (κ2) is 21.1. The van der Waals surface area contributed by atoms with Crippen LogP contribution in [-0.2, 0) is 30.9 Å². The molecule has 8 rings (SSSR count). The summed E-state index contributed by atoms with van der Waals surface area (Å²) in [6.45, 7) is 3.92. The van der Waals surface area contributed by atoms with Gasteiger partial charge in [-0.05, 0) is 81.9 Å². The van der Waals surface area contributed by atoms with E-state index in [0.29, 0.717) is 86.7 Å². The first-order chi connectivity index (χ1) is 33.2. The molecule has 2 heterocycles. The summed E-state index contributed by atoms with van der Waals surface area (Å²) in [4.78, 5) is 46.2. The monoisotopic (exact) mass is 983 g/mol. The number of nitro benzene ring substituents is 1. The van der Waals surface area contributed by atoms with Gasteiger partial charge in [-0.15, -0.1) is 0 Å². The largest absolute Gasteiger partial charge is 0.493 e. The van der Waals surface area contributed by atoms with E-state index in [-0.39, 0.29) is 29.6 Å². The summed E-state index contributed by atoms with van der Waals surface area (Å²) in [6.07, 6.45) is -4.42. The number of carbonyl (C=O) groups is 2. The van der Waals surface area contributed by atoms with Gasteiger partial charge in [0.05, 0.1) is 15.4 Å². The molecule has 2 saturated heterocycles. The number of ether oxygens (including phenoxy) is 2. The van der Waals surface area contributed by atoms with Crippen LogP contribution in [0.4, 0.5) is 30.2 Å². The molecule has 2 fully saturated rings. The number of alkyl halides is 3. The average molecular weight is 984 g/mol. The lowest BCUT2D eigenvalue weighted by molar-refractivity contribution is -0.384. The maximum absolute atomic E-state index is 14.7. The van der Waals surface area contributed by atoms with Crippen LogP contribution in [0.25, 0.3) is 22.3 Å². The fourth-order valence-corrected chi connectivity index (χ4v) is 9.60. The molecule has 0 aliphatic carbocycles. The van der Waals surface area contributed by atoms with Gasteiger partial charge in [-0.2, -0.15) is 21.6 Å². The Morgan fingerprint density at radius 2 is 1.43 bits per heavy atom. The number of nitrogens with one attached hydrogen (secondary N) is 1. The van der Waals surface area contributed by atoms with E-state index in [1.807, 2.05) is 71.6 Å². The summed E-state index contributed by atoms with van der Waals surface area (Å²) in [5.74, 6) is -4.81. The number of carbonyl (C=O) groups excluding carboxylic acids is 2. The number of rotatable bonds is 14. The lowest BCUT2D eigenvalue weighted by Crippen LogP contribution is -2.46. The molecular formula is C50H45ClF3N5O9S. The maximum Gasteiger partial charge on any atom is 0.493 e. The summed E-state index contributed by atoms with van der Waals surface area (Å²) < 4.78 is 81.4. The summed E-state index contributed by atoms with van der Waals surface area (Å²) in [6, 6.07) is 38.0. The molecule has 0 aromatic heterocycles. The normalized spacial score (nSPS) is 14.8. The van der Waals surface area contributed by atoms with Crippen molar-refractivity contribution in [3.8, 4) is 33.8 Å². The van der Waals surface area contributed by atoms with Gasteiger partial charge in [0, 0.05) is 80.9 Å². The second-order valence-electron chi connectivity index (χ2n) is 16.3. The van der Waals surface area contributed by atoms with E-state index in [2.05, 4.69) is 15.1 Å². The smallest absolute Gasteiger partial charge is 0.456 e. The van der Waals surface area contributed by atoms with Crippen molar-refractivity contribution >= 4 is 50.6 Å². The third-order valence-electron chi connectivity index (χ3n) is 11.9. The number of anilines is 2. The first kappa shape index (κ1) is 48.5. The van der Waals surface area contributed by atoms with Crippen molar-refractivity contribution in [2.45, 2.75) is 30.5 Å². The number of hydrogen-bond donors (Lipinski definition) is 1. The van der Waals surface area contributed by atoms with Crippen LogP contribution in [0.2, 0.25) is 5.02 Å². The average Bonchev–Trinajstić information content (AvgIpc) is 3.36. The van der Waals surface area contributed by atoms with Crippen molar-refractivity contribution < 1.29 is 50.4 Å². The van der Waals surface area contributed by atoms with Gasteiger partial charge in [0.25, 0.3) is 15.7 Å². The highest BCUT2D eigenvalue weighted by molar-refractivity contribution is 7.89. The van der Waals surface area contributed by atoms with Crippen molar-refractivity contribution in [3.05, 3.63) is 166 Å². The van der Waals surface area contributed by atoms with Crippen LogP contribution in [0.5, 0.6) is 11.5 Å². The van der Waals surface area contributed by atoms with Crippen molar-refractivity contribution in [2.24, 2.45) is 5.92 Å². The highest BCUT2D eigenvalue weighted by atomic mass is 35.5. The Morgan fingerprint density at radius 3 is 2.10 bits per heavy atom. The van der Waals surface area contributed by atoms with Crippen LogP contribution >= 0.6 is 11.6 Å². The minimum absolute atomic E-state index is 0.0828. The van der Waals surface area contributed by atoms with E-state index in [1.54, 1.807) is 36.4 Å². The summed E-state index contributed by atoms with van der Waals surface area (Å²) in [7, 11) is -5.63. The zero-order valence-corrected chi connectivity index (χ0v) is 38.4. The van der Waals surface area contributed by atoms with Gasteiger partial charge >= 0.3 is 18.1 Å². The van der Waals surface area contributed by atoms with Crippen molar-refractivity contribution in [1.82, 2.24) is 9.37 Å². The van der Waals surface area contributed by atoms with E-state index in [0.717, 1.165) is 34.9 Å². The molecule has 6 aromatic carbocycles. The second-order valence-corrected chi connectivity index (χ2v) is 18.5. The van der Waals surface area contributed by atoms with Gasteiger partial charge < -0.3 is 24.5 Å². The molecule has 2 aliphatic rings. The maximum atomic E-state index is 14.7. The zero-order chi connectivity index (χ0) is 48.7. The van der Waals surface area contributed by atoms with Crippen molar-refractivity contribution in [2.75, 3.05) is 56.2 Å². The lowest BCUT2D eigenvalue weighted by Gasteiger charge is -2.36. The number of nitrogens with zero attached hydrogens (tertiary/aromatic N) is 4. The predicted molar refractivity (Wildman–Crippen MR) is 253 cm³/mol. The first-order valence-electron chi connectivity index (χ1n) is 21.9. The fraction of sp³-hybridized carbons (Fsp3) is 0.240. The molecule has 0 atom stereocenters. The molecule has 6 aromatic rings. The molecule has 0 bridgehead atoms. The van der Waals surface area contributed by atoms with Gasteiger partial charge in [0.2, 0.25) is 0 Å². The SMILES string of the molecule is O=C(c1ccc(N2CCN(Cc3c(Cl)cccc3-c3ccccc3)CC2)cc1Oc1ccccc1-c1ccccc1)N(OC(=O)C(F)(F)F)S(=O)(=O)c1ccc(NCC2CCOCC2)c([N+](=O)[O-])c1. The number of amides is 1. The Kier molecular flexibility index (Phi) is 14.8. The number of hydrogen-bond acceptors (Lipinski definition) is 12. The Morgan fingerprint density at radius 1 is 0.797 bits per heavy atom. The number of hydroxylamine groups is 1. The highest BCUT2D eigenvalue weighted by Crippen LogP contribution is 2.39. The first-order valence-corrected chi connectivity index (χ1v) is 23.7. The Bertz CT molecular complexity index is 2940. The van der Waals surface area contributed by atoms with Crippen LogP contribution in [0.15, 0.2) is 144 Å². The van der Waals surface area contributed by atoms with Crippen LogP contribution in [0.3, 0.4) is 0 Å². The minimum Gasteiger partial charge on any atom is -0.456 e. The van der Waals surface area contributed by atoms with Gasteiger partial charge in [-0.3, -0.25) is 19.8 Å². The molecule has 1 amide bonds. The summed E-state index contributed by atoms with van der Waals surface area (Å²) >= 11 is 6.76. The van der Waals surface area contributed by atoms with Crippen LogP contribution in [0, 0.1) is 16.0 Å². The van der Waals surface area contributed by atoms with E-state index in [9.17, 15) is 41.3 Å². The van der Waals surface area contributed by atoms with Crippen molar-refractivity contribution in [3.63, 3.8) is 0 Å². The topological polar surface area (TPSA) is 161 Å². The molecule has 69 heavy (non-hydrogen) atoms. The van der Waals surface area contributed by atoms with Crippen LogP contribution in [0.1, 0.15) is 28.8 Å². The third kappa shape index (κ3) is 11.3. The highest BCUT2D eigenvalue weighted by Gasteiger charge is 2.47. The molecular weight excluding hydrogens is 939 g/mol. The number of benzene rings is 6. The van der Waals surface area contributed by atoms with Gasteiger partial charge in [0.15, 0.2) is 0 Å². The predicted octanol–water partition coefficient (Wildman–Crippen LogP) is 10.4. The van der Waals surface area contributed by atoms with Gasteiger partial charge in [0.1, 0.15) is 17.2 Å². The standard InChI is InChI=1S/C50H45ClF3N5O9S/c51-43-16-9-15-39(35-10-3-1-4-11-35)42(43)33-56-24-26-57(27-25-56)37-18-20-41(47(30-37)67-46-17-8-7-14-40(46)36-12-5-2-6-13-36)48(60)59(68-49(61)50(52,53)54)69(64,65)38-19-21-44(45(31-38)58(62)63)55-32-34-22-28-66-29-23-34/h1-21,30-31,34,55H,22-29,32-33H2. The van der Waals surface area contributed by atoms with E-state index >= 15 is 0 Å². The van der Waals surface area contributed by atoms with E-state index < -0.39 is 53.6 Å². The molecule has 0 saturated carbocycles. The molecule has 0 spiro atoms. The molecule has 0 radical (unpaired) electrons. The van der Waals surface area contributed by atoms with Gasteiger partial charge in [-0.25, -0.2) is 4.79 Å². The Hall–Kier alpha value is -6.99. The van der Waals surface area contributed by atoms with Crippen molar-refractivity contribution in [1.29, 1.82) is 0 Å². The third-order valence-corrected chi connectivity index (χ3v) is 13.8. The van der Waals surface area contributed by atoms with Crippen LogP contribution in [-0.4, -0.2) is 86.7 Å². The number of halogens is 4. The summed E-state index contributed by atoms with van der Waals surface area (Å²) in [5, 5.41) is 15.9. The van der Waals surface area contributed by atoms with E-state index in [1.165, 1.54) is 12.1 Å². The molecule has 1 N–H and O–H groups in total. The van der Waals surface area contributed by atoms with Crippen LogP contribution < -0.4 is 15.0 Å². The number of sulfonamides is 1.